The molecule has 1 amide bonds. The molecule has 0 atom stereocenters. The van der Waals surface area contributed by atoms with E-state index in [0.717, 1.165) is 37.2 Å². The van der Waals surface area contributed by atoms with E-state index in [1.165, 1.54) is 24.5 Å². The Balaban J connectivity index is 1.38. The fourth-order valence-corrected chi connectivity index (χ4v) is 6.48. The molecule has 0 saturated carbocycles. The predicted octanol–water partition coefficient (Wildman–Crippen LogP) is 5.97. The molecule has 5 aromatic rings. The summed E-state index contributed by atoms with van der Waals surface area (Å²) in [4.78, 5) is 27.8. The molecule has 0 aliphatic carbocycles. The Morgan fingerprint density at radius 1 is 1.17 bits per heavy atom. The number of hydrogen-bond donors (Lipinski definition) is 1. The molecule has 11 nitrogen and oxygen atoms in total. The summed E-state index contributed by atoms with van der Waals surface area (Å²) in [5.41, 5.74) is 3.73. The van der Waals surface area contributed by atoms with Gasteiger partial charge in [0, 0.05) is 62.5 Å². The van der Waals surface area contributed by atoms with Gasteiger partial charge < -0.3 is 19.3 Å². The van der Waals surface area contributed by atoms with E-state index >= 15 is 0 Å². The normalized spacial score (nSPS) is 15.0. The molecule has 2 aliphatic rings. The van der Waals surface area contributed by atoms with E-state index in [1.807, 2.05) is 17.0 Å². The maximum atomic E-state index is 14.8. The number of amides is 1. The van der Waals surface area contributed by atoms with Crippen LogP contribution in [0.1, 0.15) is 23.6 Å². The molecule has 7 rings (SSSR count). The number of piperazine rings is 1. The van der Waals surface area contributed by atoms with Crippen LogP contribution < -0.4 is 14.4 Å². The Bertz CT molecular complexity index is 2090. The zero-order valence-corrected chi connectivity index (χ0v) is 26.3. The average Bonchev–Trinajstić information content (AvgIpc) is 3.57. The van der Waals surface area contributed by atoms with E-state index in [0.29, 0.717) is 59.4 Å². The third kappa shape index (κ3) is 5.47. The first kappa shape index (κ1) is 30.4. The van der Waals surface area contributed by atoms with Crippen LogP contribution in [0.5, 0.6) is 23.3 Å². The highest BCUT2D eigenvalue weighted by Crippen LogP contribution is 2.43. The van der Waals surface area contributed by atoms with Crippen LogP contribution in [0.2, 0.25) is 5.02 Å². The van der Waals surface area contributed by atoms with Crippen molar-refractivity contribution in [2.45, 2.75) is 19.9 Å². The van der Waals surface area contributed by atoms with Crippen molar-refractivity contribution in [1.82, 2.24) is 30.0 Å². The number of pyridine rings is 2. The van der Waals surface area contributed by atoms with Crippen molar-refractivity contribution in [3.8, 4) is 29.3 Å². The van der Waals surface area contributed by atoms with Crippen molar-refractivity contribution < 1.29 is 18.7 Å². The summed E-state index contributed by atoms with van der Waals surface area (Å²) in [6.07, 6.45) is 5.11. The first-order valence-electron chi connectivity index (χ1n) is 15.3. The summed E-state index contributed by atoms with van der Waals surface area (Å²) in [6, 6.07) is 11.3. The monoisotopic (exact) mass is 652 g/mol. The van der Waals surface area contributed by atoms with Gasteiger partial charge in [-0.2, -0.15) is 10.4 Å². The summed E-state index contributed by atoms with van der Waals surface area (Å²) in [5.74, 6) is -0.0645. The van der Waals surface area contributed by atoms with Crippen molar-refractivity contribution in [2.24, 2.45) is 0 Å². The highest BCUT2D eigenvalue weighted by molar-refractivity contribution is 6.33. The quantitative estimate of drug-likeness (QED) is 0.212. The number of nitrogens with zero attached hydrogens (tertiary/aromatic N) is 7. The van der Waals surface area contributed by atoms with Crippen LogP contribution in [0.25, 0.3) is 21.8 Å². The summed E-state index contributed by atoms with van der Waals surface area (Å²) in [7, 11) is 0. The van der Waals surface area contributed by atoms with Gasteiger partial charge >= 0.3 is 0 Å². The zero-order chi connectivity index (χ0) is 32.7. The van der Waals surface area contributed by atoms with Crippen LogP contribution in [0.4, 0.5) is 10.1 Å². The van der Waals surface area contributed by atoms with E-state index in [9.17, 15) is 14.4 Å². The second kappa shape index (κ2) is 12.5. The largest absolute Gasteiger partial charge is 0.437 e. The van der Waals surface area contributed by atoms with Gasteiger partial charge in [0.25, 0.3) is 0 Å². The van der Waals surface area contributed by atoms with Gasteiger partial charge in [0.1, 0.15) is 33.7 Å². The number of carbonyl (C=O) groups excluding carboxylic acids is 1. The standard InChI is InChI=1S/C34H30ClFN8O3/c1-3-28(45)43-12-14-44(15-13-43)31-22-8-10-38-34(47-32-24-18-39-41-26(24)16-25(36)29(32)35)30(22)40-33(23(31)17-37)46-27-7-5-6-20-19-42(4-2)11-9-21(20)27/h3,5-8,10,16,18H,1,4,9,11-15,19H2,2H3,(H,39,41). The Hall–Kier alpha value is -5.25. The number of ether oxygens (including phenoxy) is 2. The zero-order valence-electron chi connectivity index (χ0n) is 25.6. The molecule has 0 bridgehead atoms. The van der Waals surface area contributed by atoms with E-state index in [-0.39, 0.29) is 34.0 Å². The number of halogens is 2. The van der Waals surface area contributed by atoms with Crippen LogP contribution in [0.3, 0.4) is 0 Å². The number of benzene rings is 2. The average molecular weight is 653 g/mol. The second-order valence-electron chi connectivity index (χ2n) is 11.3. The molecule has 1 fully saturated rings. The lowest BCUT2D eigenvalue weighted by Gasteiger charge is -2.36. The molecule has 1 saturated heterocycles. The fourth-order valence-electron chi connectivity index (χ4n) is 6.29. The van der Waals surface area contributed by atoms with Crippen molar-refractivity contribution in [3.63, 3.8) is 0 Å². The number of nitriles is 1. The van der Waals surface area contributed by atoms with Gasteiger partial charge in [-0.3, -0.25) is 14.8 Å². The van der Waals surface area contributed by atoms with Crippen molar-refractivity contribution >= 4 is 45.0 Å². The number of aromatic nitrogens is 4. The van der Waals surface area contributed by atoms with E-state index in [4.69, 9.17) is 26.1 Å². The predicted molar refractivity (Wildman–Crippen MR) is 176 cm³/mol. The molecular formula is C34H30ClFN8O3. The smallest absolute Gasteiger partial charge is 0.246 e. The molecule has 5 heterocycles. The number of hydrogen-bond acceptors (Lipinski definition) is 9. The third-order valence-electron chi connectivity index (χ3n) is 8.75. The number of aromatic amines is 1. The van der Waals surface area contributed by atoms with Crippen LogP contribution in [0, 0.1) is 17.1 Å². The molecule has 1 N–H and O–H groups in total. The minimum Gasteiger partial charge on any atom is -0.437 e. The Morgan fingerprint density at radius 3 is 2.77 bits per heavy atom. The molecule has 238 valence electrons. The second-order valence-corrected chi connectivity index (χ2v) is 11.7. The minimum atomic E-state index is -0.689. The molecule has 0 spiro atoms. The number of carbonyl (C=O) groups is 1. The Labute approximate surface area is 274 Å². The van der Waals surface area contributed by atoms with E-state index in [1.54, 1.807) is 11.0 Å². The SMILES string of the molecule is C=CC(=O)N1CCN(c2c(C#N)c(Oc3cccc4c3CCN(CC)C4)nc3c(Oc4c(Cl)c(F)cc5[nH]ncc45)nccc23)CC1. The highest BCUT2D eigenvalue weighted by atomic mass is 35.5. The summed E-state index contributed by atoms with van der Waals surface area (Å²) >= 11 is 6.40. The third-order valence-corrected chi connectivity index (χ3v) is 9.10. The van der Waals surface area contributed by atoms with E-state index in [2.05, 4.69) is 45.7 Å². The Morgan fingerprint density at radius 2 is 2.00 bits per heavy atom. The number of fused-ring (bicyclic) bond motifs is 3. The van der Waals surface area contributed by atoms with Gasteiger partial charge in [-0.05, 0) is 36.7 Å². The van der Waals surface area contributed by atoms with Gasteiger partial charge in [0.15, 0.2) is 5.75 Å². The first-order chi connectivity index (χ1) is 22.9. The minimum absolute atomic E-state index is 0.0275. The molecule has 0 radical (unpaired) electrons. The van der Waals surface area contributed by atoms with Crippen molar-refractivity contribution in [1.29, 1.82) is 5.26 Å². The number of likely N-dealkylation sites (N-methyl/N-ethyl adjacent to an activating group) is 1. The van der Waals surface area contributed by atoms with Gasteiger partial charge in [0.2, 0.25) is 17.7 Å². The lowest BCUT2D eigenvalue weighted by Crippen LogP contribution is -2.48. The summed E-state index contributed by atoms with van der Waals surface area (Å²) < 4.78 is 27.6. The van der Waals surface area contributed by atoms with Gasteiger partial charge in [-0.1, -0.05) is 37.2 Å². The molecule has 13 heteroatoms. The molecular weight excluding hydrogens is 623 g/mol. The van der Waals surface area contributed by atoms with Crippen LogP contribution in [-0.4, -0.2) is 75.1 Å². The maximum absolute atomic E-state index is 14.8. The number of rotatable bonds is 7. The molecule has 47 heavy (non-hydrogen) atoms. The van der Waals surface area contributed by atoms with Crippen molar-refractivity contribution in [3.05, 3.63) is 82.9 Å². The van der Waals surface area contributed by atoms with Crippen LogP contribution >= 0.6 is 11.6 Å². The highest BCUT2D eigenvalue weighted by Gasteiger charge is 2.29. The van der Waals surface area contributed by atoms with Gasteiger partial charge in [0.05, 0.1) is 22.8 Å². The molecule has 2 aromatic carbocycles. The lowest BCUT2D eigenvalue weighted by atomic mass is 9.98. The van der Waals surface area contributed by atoms with E-state index < -0.39 is 5.82 Å². The van der Waals surface area contributed by atoms with Gasteiger partial charge in [-0.25, -0.2) is 14.4 Å². The maximum Gasteiger partial charge on any atom is 0.246 e. The number of nitrogens with one attached hydrogen (secondary N) is 1. The first-order valence-corrected chi connectivity index (χ1v) is 15.7. The number of anilines is 1. The van der Waals surface area contributed by atoms with Crippen LogP contribution in [-0.2, 0) is 17.8 Å². The topological polar surface area (TPSA) is 124 Å². The fraction of sp³-hybridized carbons (Fsp3) is 0.265. The lowest BCUT2D eigenvalue weighted by molar-refractivity contribution is -0.126. The summed E-state index contributed by atoms with van der Waals surface area (Å²) in [5, 5.41) is 18.2. The molecule has 2 aliphatic heterocycles. The Kier molecular flexibility index (Phi) is 8.09. The number of H-pyrrole nitrogens is 1. The van der Waals surface area contributed by atoms with Gasteiger partial charge in [-0.15, -0.1) is 0 Å². The summed E-state index contributed by atoms with van der Waals surface area (Å²) in [6.45, 7) is 10.1. The van der Waals surface area contributed by atoms with Crippen molar-refractivity contribution in [2.75, 3.05) is 44.2 Å². The van der Waals surface area contributed by atoms with Crippen LogP contribution in [0.15, 0.2) is 55.4 Å². The molecule has 0 unspecified atom stereocenters. The molecule has 3 aromatic heterocycles.